The molecule has 0 bridgehead atoms. The number of aryl methyl sites for hydroxylation is 1. The van der Waals surface area contributed by atoms with Crippen molar-refractivity contribution < 1.29 is 4.79 Å². The molecule has 5 nitrogen and oxygen atoms in total. The molecule has 0 atom stereocenters. The van der Waals surface area contributed by atoms with Crippen molar-refractivity contribution in [2.24, 2.45) is 5.92 Å². The van der Waals surface area contributed by atoms with Crippen LogP contribution in [0.1, 0.15) is 52.7 Å². The van der Waals surface area contributed by atoms with Crippen LogP contribution in [0.4, 0.5) is 0 Å². The summed E-state index contributed by atoms with van der Waals surface area (Å²) in [5.74, 6) is 0.505. The first kappa shape index (κ1) is 16.8. The van der Waals surface area contributed by atoms with Gasteiger partial charge in [0.15, 0.2) is 0 Å². The van der Waals surface area contributed by atoms with Crippen LogP contribution in [0.15, 0.2) is 6.20 Å². The van der Waals surface area contributed by atoms with Crippen LogP contribution in [0, 0.1) is 5.92 Å². The van der Waals surface area contributed by atoms with Gasteiger partial charge in [0.25, 0.3) is 0 Å². The number of Topliss-reactive ketones (excluding diaryl/α,β-unsaturated/α-hetero) is 1. The number of unbranched alkanes of at least 4 members (excludes halogenated alkanes) is 1. The largest absolute Gasteiger partial charge is 0.314 e. The predicted octanol–water partition coefficient (Wildman–Crippen LogP) is 2.21. The summed E-state index contributed by atoms with van der Waals surface area (Å²) in [6, 6.07) is 0.503. The summed E-state index contributed by atoms with van der Waals surface area (Å²) < 4.78 is 1.88. The highest BCUT2D eigenvalue weighted by molar-refractivity contribution is 5.80. The van der Waals surface area contributed by atoms with E-state index in [0.29, 0.717) is 18.2 Å². The average Bonchev–Trinajstić information content (AvgIpc) is 2.81. The Balaban J connectivity index is 2.18. The van der Waals surface area contributed by atoms with Crippen LogP contribution < -0.4 is 5.32 Å². The molecule has 0 amide bonds. The van der Waals surface area contributed by atoms with Gasteiger partial charge in [0.05, 0.1) is 5.69 Å². The highest BCUT2D eigenvalue weighted by Gasteiger charge is 2.06. The maximum atomic E-state index is 11.5. The third-order valence-corrected chi connectivity index (χ3v) is 3.22. The van der Waals surface area contributed by atoms with Gasteiger partial charge >= 0.3 is 0 Å². The lowest BCUT2D eigenvalue weighted by Crippen LogP contribution is -2.25. The van der Waals surface area contributed by atoms with E-state index in [1.165, 1.54) is 0 Å². The number of hydrogen-bond donors (Lipinski definition) is 1. The molecule has 0 saturated heterocycles. The summed E-state index contributed by atoms with van der Waals surface area (Å²) >= 11 is 0. The summed E-state index contributed by atoms with van der Waals surface area (Å²) in [6.45, 7) is 9.95. The Morgan fingerprint density at radius 3 is 2.70 bits per heavy atom. The maximum absolute atomic E-state index is 11.5. The molecule has 1 heterocycles. The lowest BCUT2D eigenvalue weighted by Gasteiger charge is -2.05. The first-order valence-corrected chi connectivity index (χ1v) is 7.64. The van der Waals surface area contributed by atoms with Gasteiger partial charge in [0.1, 0.15) is 5.78 Å². The fourth-order valence-corrected chi connectivity index (χ4v) is 1.91. The van der Waals surface area contributed by atoms with E-state index in [0.717, 1.165) is 38.0 Å². The van der Waals surface area contributed by atoms with E-state index in [1.807, 2.05) is 24.7 Å². The zero-order valence-electron chi connectivity index (χ0n) is 13.2. The molecule has 0 aliphatic heterocycles. The minimum atomic E-state index is 0.154. The summed E-state index contributed by atoms with van der Waals surface area (Å²) in [6.07, 6.45) is 5.50. The third kappa shape index (κ3) is 6.80. The first-order valence-electron chi connectivity index (χ1n) is 7.64. The SMILES string of the molecule is CC(C)NCCc1cn(CCCCC(=O)C(C)C)nn1. The zero-order chi connectivity index (χ0) is 15.0. The van der Waals surface area contributed by atoms with Crippen molar-refractivity contribution in [3.63, 3.8) is 0 Å². The number of nitrogens with zero attached hydrogens (tertiary/aromatic N) is 3. The molecule has 114 valence electrons. The van der Waals surface area contributed by atoms with E-state index in [4.69, 9.17) is 0 Å². The van der Waals surface area contributed by atoms with Gasteiger partial charge in [-0.05, 0) is 12.8 Å². The Kier molecular flexibility index (Phi) is 7.44. The van der Waals surface area contributed by atoms with Gasteiger partial charge in [0, 0.05) is 44.1 Å². The van der Waals surface area contributed by atoms with E-state index in [-0.39, 0.29) is 5.92 Å². The monoisotopic (exact) mass is 280 g/mol. The predicted molar refractivity (Wildman–Crippen MR) is 80.6 cm³/mol. The van der Waals surface area contributed by atoms with E-state index in [1.54, 1.807) is 0 Å². The van der Waals surface area contributed by atoms with Gasteiger partial charge in [-0.3, -0.25) is 9.48 Å². The van der Waals surface area contributed by atoms with Gasteiger partial charge in [0.2, 0.25) is 0 Å². The normalized spacial score (nSPS) is 11.5. The molecule has 0 radical (unpaired) electrons. The molecular formula is C15H28N4O. The Morgan fingerprint density at radius 1 is 1.30 bits per heavy atom. The molecule has 0 spiro atoms. The van der Waals surface area contributed by atoms with Crippen molar-refractivity contribution in [3.05, 3.63) is 11.9 Å². The summed E-state index contributed by atoms with van der Waals surface area (Å²) in [7, 11) is 0. The summed E-state index contributed by atoms with van der Waals surface area (Å²) in [5, 5.41) is 11.6. The van der Waals surface area contributed by atoms with E-state index < -0.39 is 0 Å². The molecule has 0 unspecified atom stereocenters. The molecule has 0 saturated carbocycles. The number of carbonyl (C=O) groups is 1. The molecule has 5 heteroatoms. The molecule has 0 fully saturated rings. The quantitative estimate of drug-likeness (QED) is 0.668. The fraction of sp³-hybridized carbons (Fsp3) is 0.800. The smallest absolute Gasteiger partial charge is 0.135 e. The third-order valence-electron chi connectivity index (χ3n) is 3.22. The van der Waals surface area contributed by atoms with Gasteiger partial charge in [-0.15, -0.1) is 5.10 Å². The van der Waals surface area contributed by atoms with Crippen molar-refractivity contribution in [1.82, 2.24) is 20.3 Å². The number of aromatic nitrogens is 3. The second-order valence-electron chi connectivity index (χ2n) is 5.91. The molecule has 1 aromatic heterocycles. The minimum absolute atomic E-state index is 0.154. The van der Waals surface area contributed by atoms with Crippen LogP contribution in [-0.2, 0) is 17.8 Å². The molecule has 1 rings (SSSR count). The zero-order valence-corrected chi connectivity index (χ0v) is 13.2. The number of rotatable bonds is 10. The molecule has 20 heavy (non-hydrogen) atoms. The van der Waals surface area contributed by atoms with Crippen LogP contribution >= 0.6 is 0 Å². The topological polar surface area (TPSA) is 59.8 Å². The number of carbonyl (C=O) groups excluding carboxylic acids is 1. The van der Waals surface area contributed by atoms with Crippen LogP contribution in [0.25, 0.3) is 0 Å². The molecule has 0 aromatic carbocycles. The summed E-state index contributed by atoms with van der Waals surface area (Å²) in [4.78, 5) is 11.5. The molecular weight excluding hydrogens is 252 g/mol. The van der Waals surface area contributed by atoms with Crippen LogP contribution in [0.5, 0.6) is 0 Å². The lowest BCUT2D eigenvalue weighted by molar-refractivity contribution is -0.122. The van der Waals surface area contributed by atoms with Gasteiger partial charge in [-0.2, -0.15) is 0 Å². The first-order chi connectivity index (χ1) is 9.49. The number of nitrogens with one attached hydrogen (secondary N) is 1. The van der Waals surface area contributed by atoms with Crippen LogP contribution in [-0.4, -0.2) is 33.4 Å². The fourth-order valence-electron chi connectivity index (χ4n) is 1.91. The average molecular weight is 280 g/mol. The van der Waals surface area contributed by atoms with E-state index in [9.17, 15) is 4.79 Å². The second kappa shape index (κ2) is 8.84. The molecule has 0 aliphatic rings. The van der Waals surface area contributed by atoms with Crippen molar-refractivity contribution in [3.8, 4) is 0 Å². The minimum Gasteiger partial charge on any atom is -0.314 e. The van der Waals surface area contributed by atoms with Crippen molar-refractivity contribution in [2.75, 3.05) is 6.54 Å². The molecule has 1 aromatic rings. The number of hydrogen-bond acceptors (Lipinski definition) is 4. The van der Waals surface area contributed by atoms with E-state index >= 15 is 0 Å². The van der Waals surface area contributed by atoms with Gasteiger partial charge in [-0.1, -0.05) is 32.9 Å². The number of ketones is 1. The maximum Gasteiger partial charge on any atom is 0.135 e. The Morgan fingerprint density at radius 2 is 2.05 bits per heavy atom. The van der Waals surface area contributed by atoms with Crippen molar-refractivity contribution >= 4 is 5.78 Å². The Labute approximate surface area is 122 Å². The standard InChI is InChI=1S/C15H28N4O/c1-12(2)15(20)7-5-6-10-19-11-14(17-18-19)8-9-16-13(3)4/h11-13,16H,5-10H2,1-4H3. The van der Waals surface area contributed by atoms with Crippen molar-refractivity contribution in [2.45, 2.75) is 66.0 Å². The highest BCUT2D eigenvalue weighted by Crippen LogP contribution is 2.05. The van der Waals surface area contributed by atoms with Gasteiger partial charge in [-0.25, -0.2) is 0 Å². The van der Waals surface area contributed by atoms with Crippen molar-refractivity contribution in [1.29, 1.82) is 0 Å². The lowest BCUT2D eigenvalue weighted by atomic mass is 10.0. The second-order valence-corrected chi connectivity index (χ2v) is 5.91. The Bertz CT molecular complexity index is 398. The van der Waals surface area contributed by atoms with Crippen LogP contribution in [0.3, 0.4) is 0 Å². The Hall–Kier alpha value is -1.23. The summed E-state index contributed by atoms with van der Waals surface area (Å²) in [5.41, 5.74) is 1.02. The molecule has 1 N–H and O–H groups in total. The van der Waals surface area contributed by atoms with Crippen LogP contribution in [0.2, 0.25) is 0 Å². The van der Waals surface area contributed by atoms with Gasteiger partial charge < -0.3 is 5.32 Å². The van der Waals surface area contributed by atoms with E-state index in [2.05, 4.69) is 29.5 Å². The molecule has 0 aliphatic carbocycles. The highest BCUT2D eigenvalue weighted by atomic mass is 16.1.